The van der Waals surface area contributed by atoms with Crippen LogP contribution >= 0.6 is 11.6 Å². The van der Waals surface area contributed by atoms with Crippen LogP contribution in [0.15, 0.2) is 18.2 Å². The van der Waals surface area contributed by atoms with Crippen molar-refractivity contribution in [2.75, 3.05) is 5.73 Å². The smallest absolute Gasteiger partial charge is 0.179 e. The van der Waals surface area contributed by atoms with Crippen molar-refractivity contribution in [3.63, 3.8) is 0 Å². The number of nitrogens with one attached hydrogen (secondary N) is 1. The maximum Gasteiger partial charge on any atom is 0.179 e. The summed E-state index contributed by atoms with van der Waals surface area (Å²) in [7, 11) is 0. The predicted octanol–water partition coefficient (Wildman–Crippen LogP) is 2.49. The molecule has 0 amide bonds. The molecule has 0 spiro atoms. The number of carbonyl (C=O) groups excluding carboxylic acids is 1. The van der Waals surface area contributed by atoms with Gasteiger partial charge in [-0.15, -0.1) is 0 Å². The van der Waals surface area contributed by atoms with Crippen molar-refractivity contribution in [1.82, 2.24) is 5.32 Å². The Bertz CT molecular complexity index is 391. The summed E-state index contributed by atoms with van der Waals surface area (Å²) in [5.41, 5.74) is 6.66. The van der Waals surface area contributed by atoms with Gasteiger partial charge in [0.1, 0.15) is 0 Å². The van der Waals surface area contributed by atoms with E-state index < -0.39 is 0 Å². The van der Waals surface area contributed by atoms with Crippen molar-refractivity contribution in [3.05, 3.63) is 28.8 Å². The molecule has 0 bridgehead atoms. The number of anilines is 1. The van der Waals surface area contributed by atoms with Crippen LogP contribution in [0.2, 0.25) is 5.02 Å². The Morgan fingerprint density at radius 3 is 2.50 bits per heavy atom. The molecule has 0 aliphatic heterocycles. The highest BCUT2D eigenvalue weighted by Crippen LogP contribution is 2.20. The molecule has 1 aromatic carbocycles. The molecule has 1 atom stereocenters. The van der Waals surface area contributed by atoms with Crippen LogP contribution in [0.4, 0.5) is 5.69 Å². The highest BCUT2D eigenvalue weighted by molar-refractivity contribution is 6.33. The van der Waals surface area contributed by atoms with Crippen LogP contribution in [0.5, 0.6) is 0 Å². The number of carbonyl (C=O) groups is 1. The van der Waals surface area contributed by atoms with Gasteiger partial charge in [0, 0.05) is 11.6 Å². The molecule has 0 aromatic heterocycles. The van der Waals surface area contributed by atoms with Gasteiger partial charge in [-0.2, -0.15) is 0 Å². The number of benzene rings is 1. The van der Waals surface area contributed by atoms with Crippen LogP contribution in [0, 0.1) is 0 Å². The monoisotopic (exact) mass is 240 g/mol. The Labute approximate surface area is 101 Å². The quantitative estimate of drug-likeness (QED) is 0.628. The van der Waals surface area contributed by atoms with Gasteiger partial charge in [0.25, 0.3) is 0 Å². The molecule has 1 rings (SSSR count). The molecular formula is C12H17ClN2O. The second-order valence-corrected chi connectivity index (χ2v) is 4.55. The first kappa shape index (κ1) is 13.0. The first-order valence-corrected chi connectivity index (χ1v) is 5.65. The van der Waals surface area contributed by atoms with Gasteiger partial charge < -0.3 is 11.1 Å². The number of hydrogen-bond acceptors (Lipinski definition) is 3. The average molecular weight is 241 g/mol. The van der Waals surface area contributed by atoms with Crippen LogP contribution in [-0.2, 0) is 0 Å². The number of nitrogens with two attached hydrogens (primary N) is 1. The number of rotatable bonds is 4. The van der Waals surface area contributed by atoms with Crippen molar-refractivity contribution in [2.45, 2.75) is 32.9 Å². The van der Waals surface area contributed by atoms with Gasteiger partial charge in [0.05, 0.1) is 16.8 Å². The fourth-order valence-electron chi connectivity index (χ4n) is 1.51. The molecule has 3 nitrogen and oxygen atoms in total. The topological polar surface area (TPSA) is 55.1 Å². The van der Waals surface area contributed by atoms with E-state index in [0.29, 0.717) is 16.3 Å². The molecule has 4 heteroatoms. The summed E-state index contributed by atoms with van der Waals surface area (Å²) in [6.07, 6.45) is 0. The first-order valence-electron chi connectivity index (χ1n) is 5.27. The third-order valence-electron chi connectivity index (χ3n) is 2.26. The maximum atomic E-state index is 12.0. The fourth-order valence-corrected chi connectivity index (χ4v) is 1.69. The molecular weight excluding hydrogens is 224 g/mol. The number of hydrogen-bond donors (Lipinski definition) is 2. The Morgan fingerprint density at radius 2 is 2.00 bits per heavy atom. The van der Waals surface area contributed by atoms with Gasteiger partial charge in [0.2, 0.25) is 0 Å². The molecule has 16 heavy (non-hydrogen) atoms. The second kappa shape index (κ2) is 5.32. The normalized spacial score (nSPS) is 12.8. The molecule has 0 aliphatic carbocycles. The molecule has 0 fully saturated rings. The maximum absolute atomic E-state index is 12.0. The summed E-state index contributed by atoms with van der Waals surface area (Å²) < 4.78 is 0. The van der Waals surface area contributed by atoms with Crippen molar-refractivity contribution in [3.8, 4) is 0 Å². The molecule has 3 N–H and O–H groups in total. The van der Waals surface area contributed by atoms with E-state index in [1.807, 2.05) is 20.8 Å². The molecule has 0 saturated heterocycles. The van der Waals surface area contributed by atoms with Crippen LogP contribution in [0.25, 0.3) is 0 Å². The fraction of sp³-hybridized carbons (Fsp3) is 0.417. The molecule has 88 valence electrons. The van der Waals surface area contributed by atoms with Crippen LogP contribution in [0.3, 0.4) is 0 Å². The zero-order chi connectivity index (χ0) is 12.3. The lowest BCUT2D eigenvalue weighted by Crippen LogP contribution is -2.38. The van der Waals surface area contributed by atoms with E-state index >= 15 is 0 Å². The van der Waals surface area contributed by atoms with Crippen molar-refractivity contribution in [1.29, 1.82) is 0 Å². The third kappa shape index (κ3) is 3.22. The Kier molecular flexibility index (Phi) is 4.33. The Morgan fingerprint density at radius 1 is 1.38 bits per heavy atom. The molecule has 0 radical (unpaired) electrons. The molecule has 1 unspecified atom stereocenters. The molecule has 0 aliphatic rings. The van der Waals surface area contributed by atoms with Gasteiger partial charge in [-0.25, -0.2) is 0 Å². The number of ketones is 1. The third-order valence-corrected chi connectivity index (χ3v) is 2.59. The van der Waals surface area contributed by atoms with Crippen LogP contribution < -0.4 is 11.1 Å². The second-order valence-electron chi connectivity index (χ2n) is 4.14. The summed E-state index contributed by atoms with van der Waals surface area (Å²) in [6.45, 7) is 5.84. The van der Waals surface area contributed by atoms with E-state index in [9.17, 15) is 4.79 Å². The minimum Gasteiger partial charge on any atom is -0.398 e. The summed E-state index contributed by atoms with van der Waals surface area (Å²) in [5.74, 6) is 0.0237. The number of Topliss-reactive ketones (excluding diaryl/α,β-unsaturated/α-hetero) is 1. The first-order chi connectivity index (χ1) is 7.41. The minimum atomic E-state index is -0.223. The van der Waals surface area contributed by atoms with Gasteiger partial charge in [-0.05, 0) is 25.1 Å². The highest BCUT2D eigenvalue weighted by atomic mass is 35.5. The average Bonchev–Trinajstić information content (AvgIpc) is 2.20. The van der Waals surface area contributed by atoms with E-state index in [1.54, 1.807) is 18.2 Å². The largest absolute Gasteiger partial charge is 0.398 e. The van der Waals surface area contributed by atoms with E-state index in [0.717, 1.165) is 0 Å². The van der Waals surface area contributed by atoms with Gasteiger partial charge in [0.15, 0.2) is 5.78 Å². The van der Waals surface area contributed by atoms with E-state index in [-0.39, 0.29) is 17.9 Å². The zero-order valence-corrected chi connectivity index (χ0v) is 10.5. The molecule has 1 aromatic rings. The minimum absolute atomic E-state index is 0.0237. The summed E-state index contributed by atoms with van der Waals surface area (Å²) in [5, 5.41) is 3.57. The molecule has 0 heterocycles. The Hall–Kier alpha value is -1.06. The summed E-state index contributed by atoms with van der Waals surface area (Å²) in [6, 6.07) is 5.00. The lowest BCUT2D eigenvalue weighted by molar-refractivity contribution is 0.0946. The SMILES string of the molecule is CC(C)NC(C)C(=O)c1ccc(N)c(Cl)c1. The Balaban J connectivity index is 2.84. The zero-order valence-electron chi connectivity index (χ0n) is 9.75. The van der Waals surface area contributed by atoms with Crippen molar-refractivity contribution >= 4 is 23.1 Å². The van der Waals surface area contributed by atoms with Crippen LogP contribution in [0.1, 0.15) is 31.1 Å². The van der Waals surface area contributed by atoms with Crippen molar-refractivity contribution in [2.24, 2.45) is 0 Å². The van der Waals surface area contributed by atoms with E-state index in [2.05, 4.69) is 5.32 Å². The number of nitrogen functional groups attached to an aromatic ring is 1. The lowest BCUT2D eigenvalue weighted by Gasteiger charge is -2.15. The lowest BCUT2D eigenvalue weighted by atomic mass is 10.0. The summed E-state index contributed by atoms with van der Waals surface area (Å²) in [4.78, 5) is 12.0. The molecule has 0 saturated carbocycles. The van der Waals surface area contributed by atoms with Gasteiger partial charge in [-0.1, -0.05) is 25.4 Å². The highest BCUT2D eigenvalue weighted by Gasteiger charge is 2.16. The van der Waals surface area contributed by atoms with Gasteiger partial charge in [-0.3, -0.25) is 4.79 Å². The van der Waals surface area contributed by atoms with Crippen molar-refractivity contribution < 1.29 is 4.79 Å². The van der Waals surface area contributed by atoms with Gasteiger partial charge >= 0.3 is 0 Å². The predicted molar refractivity (Wildman–Crippen MR) is 67.9 cm³/mol. The van der Waals surface area contributed by atoms with E-state index in [4.69, 9.17) is 17.3 Å². The number of halogens is 1. The summed E-state index contributed by atoms with van der Waals surface area (Å²) >= 11 is 5.87. The van der Waals surface area contributed by atoms with Crippen LogP contribution in [-0.4, -0.2) is 17.9 Å². The standard InChI is InChI=1S/C12H17ClN2O/c1-7(2)15-8(3)12(16)9-4-5-11(14)10(13)6-9/h4-8,15H,14H2,1-3H3. The van der Waals surface area contributed by atoms with E-state index in [1.165, 1.54) is 0 Å².